The average Bonchev–Trinajstić information content (AvgIpc) is 3.18. The molecule has 0 amide bonds. The van der Waals surface area contributed by atoms with Crippen LogP contribution in [-0.4, -0.2) is 53.1 Å². The molecule has 140 valence electrons. The van der Waals surface area contributed by atoms with Gasteiger partial charge >= 0.3 is 0 Å². The van der Waals surface area contributed by atoms with Gasteiger partial charge in [-0.1, -0.05) is 41.9 Å². The molecule has 2 aromatic heterocycles. The Balaban J connectivity index is 1.38. The molecule has 1 aromatic carbocycles. The number of hydrogen-bond donors (Lipinski definition) is 1. The van der Waals surface area contributed by atoms with Crippen molar-refractivity contribution in [1.29, 1.82) is 0 Å². The molecule has 0 spiro atoms. The Labute approximate surface area is 163 Å². The highest BCUT2D eigenvalue weighted by atomic mass is 35.5. The van der Waals surface area contributed by atoms with E-state index in [1.807, 2.05) is 37.4 Å². The summed E-state index contributed by atoms with van der Waals surface area (Å²) in [7, 11) is 1.83. The number of benzene rings is 1. The van der Waals surface area contributed by atoms with Crippen molar-refractivity contribution in [2.75, 3.05) is 43.4 Å². The lowest BCUT2D eigenvalue weighted by Gasteiger charge is -2.35. The zero-order valence-corrected chi connectivity index (χ0v) is 15.9. The second-order valence-electron chi connectivity index (χ2n) is 6.37. The first-order chi connectivity index (χ1) is 13.2. The number of halogens is 1. The van der Waals surface area contributed by atoms with E-state index in [1.54, 1.807) is 6.26 Å². The largest absolute Gasteiger partial charge is 0.447 e. The molecule has 3 aromatic rings. The fourth-order valence-electron chi connectivity index (χ4n) is 3.24. The smallest absolute Gasteiger partial charge is 0.208 e. The first-order valence-corrected chi connectivity index (χ1v) is 9.28. The van der Waals surface area contributed by atoms with Crippen LogP contribution in [0.3, 0.4) is 0 Å². The van der Waals surface area contributed by atoms with Crippen molar-refractivity contribution >= 4 is 23.1 Å². The van der Waals surface area contributed by atoms with Gasteiger partial charge in [0.15, 0.2) is 11.0 Å². The number of anilines is 2. The number of piperazine rings is 1. The molecule has 0 saturated carbocycles. The highest BCUT2D eigenvalue weighted by Gasteiger charge is 2.22. The van der Waals surface area contributed by atoms with Crippen molar-refractivity contribution in [1.82, 2.24) is 19.9 Å². The van der Waals surface area contributed by atoms with Crippen molar-refractivity contribution in [3.05, 3.63) is 54.0 Å². The highest BCUT2D eigenvalue weighted by Crippen LogP contribution is 2.29. The maximum Gasteiger partial charge on any atom is 0.208 e. The normalized spacial score (nSPS) is 15.1. The van der Waals surface area contributed by atoms with Crippen LogP contribution in [0.2, 0.25) is 5.15 Å². The van der Waals surface area contributed by atoms with Crippen LogP contribution in [0.5, 0.6) is 0 Å². The summed E-state index contributed by atoms with van der Waals surface area (Å²) < 4.78 is 5.67. The summed E-state index contributed by atoms with van der Waals surface area (Å²) in [5.41, 5.74) is 2.71. The van der Waals surface area contributed by atoms with Gasteiger partial charge in [0.1, 0.15) is 24.0 Å². The van der Waals surface area contributed by atoms with Crippen molar-refractivity contribution in [2.24, 2.45) is 0 Å². The molecule has 1 fully saturated rings. The average molecular weight is 385 g/mol. The van der Waals surface area contributed by atoms with Crippen molar-refractivity contribution in [3.63, 3.8) is 0 Å². The quantitative estimate of drug-likeness (QED) is 0.677. The van der Waals surface area contributed by atoms with E-state index in [0.717, 1.165) is 54.8 Å². The lowest BCUT2D eigenvalue weighted by molar-refractivity contribution is 0.226. The van der Waals surface area contributed by atoms with E-state index in [2.05, 4.69) is 30.1 Å². The molecule has 4 rings (SSSR count). The van der Waals surface area contributed by atoms with Crippen LogP contribution in [0.4, 0.5) is 11.5 Å². The van der Waals surface area contributed by atoms with Crippen LogP contribution >= 0.6 is 11.6 Å². The van der Waals surface area contributed by atoms with Gasteiger partial charge in [-0.25, -0.2) is 15.0 Å². The monoisotopic (exact) mass is 384 g/mol. The first kappa shape index (κ1) is 17.8. The molecule has 0 aliphatic carbocycles. The maximum absolute atomic E-state index is 6.17. The zero-order chi connectivity index (χ0) is 18.6. The van der Waals surface area contributed by atoms with Gasteiger partial charge in [0.25, 0.3) is 0 Å². The van der Waals surface area contributed by atoms with Gasteiger partial charge in [-0.3, -0.25) is 4.90 Å². The third kappa shape index (κ3) is 3.89. The topological polar surface area (TPSA) is 70.3 Å². The number of rotatable bonds is 5. The molecule has 27 heavy (non-hydrogen) atoms. The fraction of sp³-hybridized carbons (Fsp3) is 0.316. The Morgan fingerprint density at radius 2 is 1.89 bits per heavy atom. The van der Waals surface area contributed by atoms with Crippen LogP contribution in [0.25, 0.3) is 11.3 Å². The summed E-state index contributed by atoms with van der Waals surface area (Å²) in [5.74, 6) is 1.59. The van der Waals surface area contributed by atoms with Crippen LogP contribution in [0.1, 0.15) is 5.89 Å². The van der Waals surface area contributed by atoms with Gasteiger partial charge in [0.05, 0.1) is 6.54 Å². The van der Waals surface area contributed by atoms with Crippen LogP contribution in [0, 0.1) is 0 Å². The molecule has 7 nitrogen and oxygen atoms in total. The SMILES string of the molecule is CNc1c(Cl)ncnc1N1CCN(Cc2nc(-c3ccccc3)co2)CC1. The van der Waals surface area contributed by atoms with Crippen LogP contribution < -0.4 is 10.2 Å². The Hall–Kier alpha value is -2.64. The highest BCUT2D eigenvalue weighted by molar-refractivity contribution is 6.32. The Bertz CT molecular complexity index is 892. The number of hydrogen-bond acceptors (Lipinski definition) is 7. The summed E-state index contributed by atoms with van der Waals surface area (Å²) in [4.78, 5) is 17.6. The Morgan fingerprint density at radius 1 is 1.11 bits per heavy atom. The van der Waals surface area contributed by atoms with Gasteiger partial charge in [-0.15, -0.1) is 0 Å². The Kier molecular flexibility index (Phi) is 5.22. The molecule has 0 radical (unpaired) electrons. The predicted molar refractivity (Wildman–Crippen MR) is 106 cm³/mol. The molecule has 1 N–H and O–H groups in total. The fourth-order valence-corrected chi connectivity index (χ4v) is 3.47. The summed E-state index contributed by atoms with van der Waals surface area (Å²) >= 11 is 6.17. The molecule has 1 saturated heterocycles. The van der Waals surface area contributed by atoms with Crippen molar-refractivity contribution in [3.8, 4) is 11.3 Å². The van der Waals surface area contributed by atoms with E-state index in [-0.39, 0.29) is 0 Å². The molecule has 0 bridgehead atoms. The molecule has 0 unspecified atom stereocenters. The number of aromatic nitrogens is 3. The van der Waals surface area contributed by atoms with E-state index in [4.69, 9.17) is 16.0 Å². The zero-order valence-electron chi connectivity index (χ0n) is 15.1. The van der Waals surface area contributed by atoms with Gasteiger partial charge in [0.2, 0.25) is 5.89 Å². The summed E-state index contributed by atoms with van der Waals surface area (Å²) in [6.07, 6.45) is 3.23. The summed E-state index contributed by atoms with van der Waals surface area (Å²) in [6, 6.07) is 10.1. The maximum atomic E-state index is 6.17. The second-order valence-corrected chi connectivity index (χ2v) is 6.73. The van der Waals surface area contributed by atoms with Crippen molar-refractivity contribution in [2.45, 2.75) is 6.54 Å². The minimum absolute atomic E-state index is 0.443. The number of nitrogens with zero attached hydrogens (tertiary/aromatic N) is 5. The third-order valence-electron chi connectivity index (χ3n) is 4.68. The standard InChI is InChI=1S/C19H21ClN6O/c1-21-17-18(20)22-13-23-19(17)26-9-7-25(8-10-26)11-16-24-15(12-27-16)14-5-3-2-4-6-14/h2-6,12-13,21H,7-11H2,1H3. The summed E-state index contributed by atoms with van der Waals surface area (Å²) in [5, 5.41) is 3.54. The second kappa shape index (κ2) is 7.94. The van der Waals surface area contributed by atoms with E-state index in [9.17, 15) is 0 Å². The summed E-state index contributed by atoms with van der Waals surface area (Å²) in [6.45, 7) is 4.20. The number of oxazole rings is 1. The minimum atomic E-state index is 0.443. The van der Waals surface area contributed by atoms with Gasteiger partial charge in [0, 0.05) is 38.8 Å². The molecular weight excluding hydrogens is 364 g/mol. The third-order valence-corrected chi connectivity index (χ3v) is 4.97. The minimum Gasteiger partial charge on any atom is -0.447 e. The van der Waals surface area contributed by atoms with E-state index in [1.165, 1.54) is 6.33 Å². The van der Waals surface area contributed by atoms with Gasteiger partial charge < -0.3 is 14.6 Å². The number of nitrogens with one attached hydrogen (secondary N) is 1. The Morgan fingerprint density at radius 3 is 2.63 bits per heavy atom. The molecule has 8 heteroatoms. The molecule has 1 aliphatic rings. The molecule has 3 heterocycles. The van der Waals surface area contributed by atoms with Gasteiger partial charge in [-0.05, 0) is 0 Å². The molecule has 0 atom stereocenters. The first-order valence-electron chi connectivity index (χ1n) is 8.90. The lowest BCUT2D eigenvalue weighted by Crippen LogP contribution is -2.46. The lowest BCUT2D eigenvalue weighted by atomic mass is 10.2. The van der Waals surface area contributed by atoms with Crippen LogP contribution in [-0.2, 0) is 6.54 Å². The predicted octanol–water partition coefficient (Wildman–Crippen LogP) is 3.15. The van der Waals surface area contributed by atoms with Gasteiger partial charge in [-0.2, -0.15) is 0 Å². The molecular formula is C19H21ClN6O. The molecule has 1 aliphatic heterocycles. The van der Waals surface area contributed by atoms with E-state index in [0.29, 0.717) is 11.7 Å². The van der Waals surface area contributed by atoms with E-state index < -0.39 is 0 Å². The van der Waals surface area contributed by atoms with E-state index >= 15 is 0 Å². The van der Waals surface area contributed by atoms with Crippen LogP contribution in [0.15, 0.2) is 47.3 Å². The van der Waals surface area contributed by atoms with Crippen molar-refractivity contribution < 1.29 is 4.42 Å².